The highest BCUT2D eigenvalue weighted by Gasteiger charge is 2.44. The normalized spacial score (nSPS) is 17.7. The molecule has 2 aromatic rings. The summed E-state index contributed by atoms with van der Waals surface area (Å²) in [6.07, 6.45) is -2.60. The van der Waals surface area contributed by atoms with E-state index in [1.165, 1.54) is 17.3 Å². The lowest BCUT2D eigenvalue weighted by Crippen LogP contribution is -2.49. The first-order valence-corrected chi connectivity index (χ1v) is 12.5. The molecule has 2 fully saturated rings. The van der Waals surface area contributed by atoms with Crippen LogP contribution in [0.1, 0.15) is 58.9 Å². The molecule has 1 heterocycles. The molecule has 0 spiro atoms. The van der Waals surface area contributed by atoms with Gasteiger partial charge in [0.05, 0.1) is 16.0 Å². The zero-order chi connectivity index (χ0) is 24.7. The van der Waals surface area contributed by atoms with Crippen LogP contribution in [0, 0.1) is 0 Å². The number of sulfonamides is 1. The van der Waals surface area contributed by atoms with Crippen LogP contribution in [0.2, 0.25) is 0 Å². The highest BCUT2D eigenvalue weighted by molar-refractivity contribution is 7.89. The summed E-state index contributed by atoms with van der Waals surface area (Å²) >= 11 is 0. The number of Topliss-reactive ketones (excluding diaryl/α,β-unsaturated/α-hetero) is 1. The number of halogens is 3. The Morgan fingerprint density at radius 1 is 0.912 bits per heavy atom. The Morgan fingerprint density at radius 2 is 1.50 bits per heavy atom. The lowest BCUT2D eigenvalue weighted by molar-refractivity contribution is -0.137. The third-order valence-corrected chi connectivity index (χ3v) is 8.29. The van der Waals surface area contributed by atoms with Gasteiger partial charge in [0.2, 0.25) is 10.0 Å². The first kappa shape index (κ1) is 24.4. The van der Waals surface area contributed by atoms with E-state index in [0.717, 1.165) is 12.1 Å². The maximum atomic E-state index is 13.4. The van der Waals surface area contributed by atoms with Crippen LogP contribution in [0.25, 0.3) is 0 Å². The molecule has 0 unspecified atom stereocenters. The molecule has 1 saturated heterocycles. The van der Waals surface area contributed by atoms with Crippen molar-refractivity contribution in [3.63, 3.8) is 0 Å². The highest BCUT2D eigenvalue weighted by atomic mass is 32.2. The minimum Gasteiger partial charge on any atom is -0.339 e. The van der Waals surface area contributed by atoms with Gasteiger partial charge in [0.1, 0.15) is 0 Å². The van der Waals surface area contributed by atoms with E-state index < -0.39 is 27.8 Å². The molecule has 1 amide bonds. The Hall–Kier alpha value is -2.72. The first-order valence-electron chi connectivity index (χ1n) is 11.1. The van der Waals surface area contributed by atoms with Crippen molar-refractivity contribution in [3.05, 3.63) is 65.2 Å². The Bertz CT molecular complexity index is 1200. The molecule has 34 heavy (non-hydrogen) atoms. The summed E-state index contributed by atoms with van der Waals surface area (Å²) in [6.45, 7) is 1.97. The molecule has 6 nitrogen and oxygen atoms in total. The maximum absolute atomic E-state index is 13.4. The maximum Gasteiger partial charge on any atom is 0.416 e. The van der Waals surface area contributed by atoms with Crippen molar-refractivity contribution in [1.29, 1.82) is 0 Å². The van der Waals surface area contributed by atoms with E-state index in [1.807, 2.05) is 0 Å². The Labute approximate surface area is 196 Å². The average molecular weight is 495 g/mol. The number of carbonyl (C=O) groups is 2. The van der Waals surface area contributed by atoms with Crippen LogP contribution in [-0.4, -0.2) is 54.5 Å². The van der Waals surface area contributed by atoms with Crippen molar-refractivity contribution in [3.8, 4) is 0 Å². The topological polar surface area (TPSA) is 74.8 Å². The number of amides is 1. The van der Waals surface area contributed by atoms with Crippen LogP contribution < -0.4 is 0 Å². The fraction of sp³-hybridized carbons (Fsp3) is 0.417. The first-order chi connectivity index (χ1) is 16.0. The van der Waals surface area contributed by atoms with E-state index >= 15 is 0 Å². The van der Waals surface area contributed by atoms with Crippen molar-refractivity contribution in [1.82, 2.24) is 9.21 Å². The number of benzene rings is 2. The summed E-state index contributed by atoms with van der Waals surface area (Å²) < 4.78 is 67.6. The molecule has 2 aliphatic rings. The van der Waals surface area contributed by atoms with Crippen LogP contribution in [0.5, 0.6) is 0 Å². The molecule has 182 valence electrons. The second kappa shape index (κ2) is 9.14. The fourth-order valence-electron chi connectivity index (χ4n) is 4.44. The van der Waals surface area contributed by atoms with Gasteiger partial charge in [-0.05, 0) is 56.9 Å². The number of ketones is 1. The average Bonchev–Trinajstić information content (AvgIpc) is 3.63. The molecule has 1 aliphatic heterocycles. The van der Waals surface area contributed by atoms with Crippen LogP contribution in [-0.2, 0) is 16.2 Å². The molecule has 0 bridgehead atoms. The number of piperidine rings is 1. The predicted octanol–water partition coefficient (Wildman–Crippen LogP) is 4.37. The Morgan fingerprint density at radius 3 is 2.06 bits per heavy atom. The molecule has 0 aromatic heterocycles. The second-order valence-corrected chi connectivity index (χ2v) is 10.6. The second-order valence-electron chi connectivity index (χ2n) is 8.72. The number of rotatable bonds is 6. The monoisotopic (exact) mass is 494 g/mol. The molecule has 2 aromatic carbocycles. The number of carbonyl (C=O) groups excluding carboxylic acids is 2. The molecule has 1 saturated carbocycles. The van der Waals surface area contributed by atoms with E-state index in [1.54, 1.807) is 29.2 Å². The predicted molar refractivity (Wildman–Crippen MR) is 119 cm³/mol. The number of hydrogen-bond acceptors (Lipinski definition) is 4. The quantitative estimate of drug-likeness (QED) is 0.559. The third kappa shape index (κ3) is 4.88. The van der Waals surface area contributed by atoms with E-state index in [2.05, 4.69) is 0 Å². The van der Waals surface area contributed by atoms with E-state index in [9.17, 15) is 31.2 Å². The number of hydrogen-bond donors (Lipinski definition) is 0. The van der Waals surface area contributed by atoms with Crippen molar-refractivity contribution >= 4 is 21.7 Å². The summed E-state index contributed by atoms with van der Waals surface area (Å²) in [5.74, 6) is -0.506. The smallest absolute Gasteiger partial charge is 0.339 e. The molecule has 0 N–H and O–H groups in total. The van der Waals surface area contributed by atoms with Crippen molar-refractivity contribution in [2.45, 2.75) is 55.8 Å². The van der Waals surface area contributed by atoms with Gasteiger partial charge in [-0.3, -0.25) is 9.59 Å². The zero-order valence-electron chi connectivity index (χ0n) is 18.6. The Kier molecular flexibility index (Phi) is 6.56. The van der Waals surface area contributed by atoms with E-state index in [4.69, 9.17) is 0 Å². The fourth-order valence-corrected chi connectivity index (χ4v) is 6.42. The van der Waals surface area contributed by atoms with Gasteiger partial charge < -0.3 is 4.90 Å². The molecule has 1 aliphatic carbocycles. The van der Waals surface area contributed by atoms with Crippen LogP contribution in [0.4, 0.5) is 13.2 Å². The third-order valence-electron chi connectivity index (χ3n) is 6.29. The zero-order valence-corrected chi connectivity index (χ0v) is 19.4. The summed E-state index contributed by atoms with van der Waals surface area (Å²) in [4.78, 5) is 26.2. The van der Waals surface area contributed by atoms with Crippen LogP contribution in [0.15, 0.2) is 53.4 Å². The van der Waals surface area contributed by atoms with E-state index in [-0.39, 0.29) is 35.7 Å². The van der Waals surface area contributed by atoms with Gasteiger partial charge in [-0.15, -0.1) is 0 Å². The molecule has 0 atom stereocenters. The largest absolute Gasteiger partial charge is 0.416 e. The van der Waals surface area contributed by atoms with Gasteiger partial charge in [-0.1, -0.05) is 24.3 Å². The van der Waals surface area contributed by atoms with Gasteiger partial charge in [-0.25, -0.2) is 8.42 Å². The molecular weight excluding hydrogens is 469 g/mol. The lowest BCUT2D eigenvalue weighted by atomic mass is 10.00. The summed E-state index contributed by atoms with van der Waals surface area (Å²) in [5.41, 5.74) is -0.362. The highest BCUT2D eigenvalue weighted by Crippen LogP contribution is 2.38. The van der Waals surface area contributed by atoms with Gasteiger partial charge >= 0.3 is 6.18 Å². The van der Waals surface area contributed by atoms with Gasteiger partial charge in [0.25, 0.3) is 5.91 Å². The SMILES string of the molecule is CC(=O)c1ccccc1C(=O)N1CCC(N(C2CC2)S(=O)(=O)c2cccc(C(F)(F)F)c2)CC1. The molecule has 0 radical (unpaired) electrons. The van der Waals surface area contributed by atoms with Gasteiger partial charge in [0, 0.05) is 30.7 Å². The standard InChI is InChI=1S/C24H25F3N2O4S/c1-16(30)21-7-2-3-8-22(21)23(31)28-13-11-19(12-14-28)29(18-9-10-18)34(32,33)20-6-4-5-17(15-20)24(25,26)27/h2-8,15,18-19H,9-14H2,1H3. The molecule has 4 rings (SSSR count). The summed E-state index contributed by atoms with van der Waals surface area (Å²) in [5, 5.41) is 0. The Balaban J connectivity index is 1.53. The minimum atomic E-state index is -4.64. The van der Waals surface area contributed by atoms with Crippen molar-refractivity contribution < 1.29 is 31.2 Å². The number of likely N-dealkylation sites (tertiary alicyclic amines) is 1. The van der Waals surface area contributed by atoms with Gasteiger partial charge in [-0.2, -0.15) is 17.5 Å². The number of alkyl halides is 3. The van der Waals surface area contributed by atoms with Crippen molar-refractivity contribution in [2.24, 2.45) is 0 Å². The minimum absolute atomic E-state index is 0.217. The lowest BCUT2D eigenvalue weighted by Gasteiger charge is -2.38. The molecule has 10 heteroatoms. The van der Waals surface area contributed by atoms with Gasteiger partial charge in [0.15, 0.2) is 5.78 Å². The van der Waals surface area contributed by atoms with E-state index in [0.29, 0.717) is 42.9 Å². The summed E-state index contributed by atoms with van der Waals surface area (Å²) in [7, 11) is -4.14. The van der Waals surface area contributed by atoms with Crippen molar-refractivity contribution in [2.75, 3.05) is 13.1 Å². The van der Waals surface area contributed by atoms with Crippen LogP contribution >= 0.6 is 0 Å². The van der Waals surface area contributed by atoms with Crippen LogP contribution in [0.3, 0.4) is 0 Å². The summed E-state index contributed by atoms with van der Waals surface area (Å²) in [6, 6.07) is 9.73. The molecular formula is C24H25F3N2O4S. The number of nitrogens with zero attached hydrogens (tertiary/aromatic N) is 2.